The molecule has 0 atom stereocenters. The second-order valence-corrected chi connectivity index (χ2v) is 4.55. The first-order valence-corrected chi connectivity index (χ1v) is 6.49. The number of hydrogen-bond donors (Lipinski definition) is 1. The SMILES string of the molecule is O=C1C=C(Nc2ccccn2)C(=O)C(c2ccccc2)=C1. The van der Waals surface area contributed by atoms with Crippen LogP contribution in [-0.4, -0.2) is 16.6 Å². The van der Waals surface area contributed by atoms with Crippen LogP contribution in [-0.2, 0) is 9.59 Å². The predicted molar refractivity (Wildman–Crippen MR) is 80.4 cm³/mol. The maximum atomic E-state index is 12.5. The lowest BCUT2D eigenvalue weighted by Gasteiger charge is -2.15. The minimum atomic E-state index is -0.216. The highest BCUT2D eigenvalue weighted by Crippen LogP contribution is 2.23. The van der Waals surface area contributed by atoms with Crippen LogP contribution in [0.25, 0.3) is 5.57 Å². The van der Waals surface area contributed by atoms with Crippen molar-refractivity contribution in [1.29, 1.82) is 0 Å². The molecule has 0 radical (unpaired) electrons. The van der Waals surface area contributed by atoms with Gasteiger partial charge in [0.1, 0.15) is 5.82 Å². The molecule has 1 aliphatic carbocycles. The molecule has 102 valence electrons. The Bertz CT molecular complexity index is 747. The van der Waals surface area contributed by atoms with E-state index in [1.54, 1.807) is 36.5 Å². The van der Waals surface area contributed by atoms with Gasteiger partial charge in [-0.25, -0.2) is 4.98 Å². The van der Waals surface area contributed by atoms with E-state index in [-0.39, 0.29) is 17.3 Å². The molecule has 0 bridgehead atoms. The first-order valence-electron chi connectivity index (χ1n) is 6.49. The molecule has 21 heavy (non-hydrogen) atoms. The van der Waals surface area contributed by atoms with Gasteiger partial charge in [0.15, 0.2) is 5.78 Å². The molecule has 1 aromatic carbocycles. The highest BCUT2D eigenvalue weighted by molar-refractivity contribution is 6.36. The van der Waals surface area contributed by atoms with Crippen molar-refractivity contribution in [2.24, 2.45) is 0 Å². The summed E-state index contributed by atoms with van der Waals surface area (Å²) in [4.78, 5) is 28.4. The predicted octanol–water partition coefficient (Wildman–Crippen LogP) is 2.61. The zero-order valence-electron chi connectivity index (χ0n) is 11.1. The van der Waals surface area contributed by atoms with Crippen LogP contribution in [0.15, 0.2) is 72.6 Å². The van der Waals surface area contributed by atoms with Gasteiger partial charge >= 0.3 is 0 Å². The highest BCUT2D eigenvalue weighted by atomic mass is 16.1. The molecule has 0 unspecified atom stereocenters. The van der Waals surface area contributed by atoms with Gasteiger partial charge in [0.25, 0.3) is 0 Å². The van der Waals surface area contributed by atoms with Crippen molar-refractivity contribution < 1.29 is 9.59 Å². The lowest BCUT2D eigenvalue weighted by Crippen LogP contribution is -2.19. The molecule has 0 fully saturated rings. The van der Waals surface area contributed by atoms with Crippen LogP contribution in [0.5, 0.6) is 0 Å². The van der Waals surface area contributed by atoms with Crippen LogP contribution < -0.4 is 5.32 Å². The summed E-state index contributed by atoms with van der Waals surface area (Å²) in [6.45, 7) is 0. The summed E-state index contributed by atoms with van der Waals surface area (Å²) in [6, 6.07) is 14.5. The Morgan fingerprint density at radius 2 is 1.62 bits per heavy atom. The van der Waals surface area contributed by atoms with Gasteiger partial charge in [0.05, 0.1) is 5.70 Å². The monoisotopic (exact) mass is 276 g/mol. The first kappa shape index (κ1) is 13.0. The number of anilines is 1. The molecule has 0 saturated heterocycles. The maximum absolute atomic E-state index is 12.5. The summed E-state index contributed by atoms with van der Waals surface area (Å²) < 4.78 is 0. The van der Waals surface area contributed by atoms with Gasteiger partial charge in [0, 0.05) is 17.8 Å². The van der Waals surface area contributed by atoms with Crippen molar-refractivity contribution in [3.05, 3.63) is 78.1 Å². The normalized spacial score (nSPS) is 14.5. The van der Waals surface area contributed by atoms with Crippen LogP contribution in [0.2, 0.25) is 0 Å². The van der Waals surface area contributed by atoms with E-state index < -0.39 is 0 Å². The van der Waals surface area contributed by atoms with E-state index in [4.69, 9.17) is 0 Å². The average Bonchev–Trinajstić information content (AvgIpc) is 2.52. The number of carbonyl (C=O) groups excluding carboxylic acids is 2. The fourth-order valence-electron chi connectivity index (χ4n) is 2.10. The molecule has 1 heterocycles. The second-order valence-electron chi connectivity index (χ2n) is 4.55. The quantitative estimate of drug-likeness (QED) is 0.875. The van der Waals surface area contributed by atoms with E-state index >= 15 is 0 Å². The van der Waals surface area contributed by atoms with E-state index in [1.807, 2.05) is 18.2 Å². The molecule has 1 aliphatic rings. The number of hydrogen-bond acceptors (Lipinski definition) is 4. The van der Waals surface area contributed by atoms with Crippen LogP contribution in [0, 0.1) is 0 Å². The molecule has 1 N–H and O–H groups in total. The third kappa shape index (κ3) is 2.79. The summed E-state index contributed by atoms with van der Waals surface area (Å²) in [6.07, 6.45) is 4.27. The number of nitrogens with one attached hydrogen (secondary N) is 1. The Morgan fingerprint density at radius 1 is 0.857 bits per heavy atom. The summed E-state index contributed by atoms with van der Waals surface area (Å²) >= 11 is 0. The Labute approximate surface area is 121 Å². The van der Waals surface area contributed by atoms with E-state index in [0.29, 0.717) is 11.4 Å². The first-order chi connectivity index (χ1) is 10.2. The number of rotatable bonds is 3. The molecule has 2 aromatic rings. The summed E-state index contributed by atoms with van der Waals surface area (Å²) in [5.41, 5.74) is 1.35. The van der Waals surface area contributed by atoms with Crippen molar-refractivity contribution >= 4 is 23.0 Å². The average molecular weight is 276 g/mol. The van der Waals surface area contributed by atoms with E-state index in [2.05, 4.69) is 10.3 Å². The fraction of sp³-hybridized carbons (Fsp3) is 0. The zero-order valence-corrected chi connectivity index (χ0v) is 11.1. The van der Waals surface area contributed by atoms with Gasteiger partial charge in [-0.05, 0) is 23.8 Å². The number of ketones is 2. The van der Waals surface area contributed by atoms with Gasteiger partial charge in [-0.1, -0.05) is 36.4 Å². The Balaban J connectivity index is 1.91. The van der Waals surface area contributed by atoms with Crippen molar-refractivity contribution in [3.63, 3.8) is 0 Å². The third-order valence-electron chi connectivity index (χ3n) is 3.07. The molecule has 0 saturated carbocycles. The number of allylic oxidation sites excluding steroid dienone is 3. The third-order valence-corrected chi connectivity index (χ3v) is 3.07. The van der Waals surface area contributed by atoms with Crippen LogP contribution in [0.1, 0.15) is 5.56 Å². The zero-order chi connectivity index (χ0) is 14.7. The summed E-state index contributed by atoms with van der Waals surface area (Å²) in [7, 11) is 0. The fourth-order valence-corrected chi connectivity index (χ4v) is 2.10. The number of benzene rings is 1. The number of nitrogens with zero attached hydrogens (tertiary/aromatic N) is 1. The molecule has 4 heteroatoms. The molecule has 4 nitrogen and oxygen atoms in total. The molecular weight excluding hydrogens is 264 g/mol. The van der Waals surface area contributed by atoms with E-state index in [9.17, 15) is 9.59 Å². The van der Waals surface area contributed by atoms with Gasteiger partial charge in [-0.2, -0.15) is 0 Å². The molecule has 0 aliphatic heterocycles. The Hall–Kier alpha value is -3.01. The Morgan fingerprint density at radius 3 is 2.33 bits per heavy atom. The lowest BCUT2D eigenvalue weighted by molar-refractivity contribution is -0.113. The van der Waals surface area contributed by atoms with E-state index in [1.165, 1.54) is 12.2 Å². The van der Waals surface area contributed by atoms with Crippen molar-refractivity contribution in [1.82, 2.24) is 4.98 Å². The highest BCUT2D eigenvalue weighted by Gasteiger charge is 2.23. The summed E-state index contributed by atoms with van der Waals surface area (Å²) in [5.74, 6) is 0.0950. The van der Waals surface area contributed by atoms with Crippen molar-refractivity contribution in [2.45, 2.75) is 0 Å². The smallest absolute Gasteiger partial charge is 0.210 e. The number of Topliss-reactive ketones (excluding diaryl/α,β-unsaturated/α-hetero) is 1. The van der Waals surface area contributed by atoms with Crippen LogP contribution in [0.4, 0.5) is 5.82 Å². The topological polar surface area (TPSA) is 59.1 Å². The van der Waals surface area contributed by atoms with Crippen molar-refractivity contribution in [2.75, 3.05) is 5.32 Å². The molecule has 1 aromatic heterocycles. The molecule has 0 amide bonds. The maximum Gasteiger partial charge on any atom is 0.210 e. The number of aromatic nitrogens is 1. The van der Waals surface area contributed by atoms with Gasteiger partial charge < -0.3 is 5.32 Å². The van der Waals surface area contributed by atoms with Gasteiger partial charge in [-0.3, -0.25) is 9.59 Å². The minimum Gasteiger partial charge on any atom is -0.337 e. The van der Waals surface area contributed by atoms with Crippen LogP contribution in [0.3, 0.4) is 0 Å². The molecular formula is C17H12N2O2. The number of carbonyl (C=O) groups is 2. The van der Waals surface area contributed by atoms with E-state index in [0.717, 1.165) is 5.56 Å². The van der Waals surface area contributed by atoms with Crippen LogP contribution >= 0.6 is 0 Å². The number of pyridine rings is 1. The largest absolute Gasteiger partial charge is 0.337 e. The van der Waals surface area contributed by atoms with Gasteiger partial charge in [-0.15, -0.1) is 0 Å². The second kappa shape index (κ2) is 5.54. The van der Waals surface area contributed by atoms with Crippen molar-refractivity contribution in [3.8, 4) is 0 Å². The molecule has 3 rings (SSSR count). The Kier molecular flexibility index (Phi) is 3.43. The lowest BCUT2D eigenvalue weighted by atomic mass is 9.94. The van der Waals surface area contributed by atoms with Gasteiger partial charge in [0.2, 0.25) is 5.78 Å². The summed E-state index contributed by atoms with van der Waals surface area (Å²) in [5, 5.41) is 2.90. The molecule has 0 spiro atoms. The minimum absolute atomic E-state index is 0.216. The standard InChI is InChI=1S/C17H12N2O2/c20-13-10-14(12-6-2-1-3-7-12)17(21)15(11-13)19-16-8-4-5-9-18-16/h1-11H,(H,18,19).